The molecule has 0 radical (unpaired) electrons. The van der Waals surface area contributed by atoms with Gasteiger partial charge in [-0.05, 0) is 36.1 Å². The number of carbonyl (C=O) groups is 2. The maximum absolute atomic E-state index is 12.0. The first-order valence-corrected chi connectivity index (χ1v) is 7.86. The van der Waals surface area contributed by atoms with Crippen LogP contribution in [0.3, 0.4) is 0 Å². The van der Waals surface area contributed by atoms with E-state index in [1.807, 2.05) is 24.3 Å². The highest BCUT2D eigenvalue weighted by molar-refractivity contribution is 5.97. The zero-order valence-electron chi connectivity index (χ0n) is 13.8. The van der Waals surface area contributed by atoms with E-state index < -0.39 is 18.5 Å². The van der Waals surface area contributed by atoms with Gasteiger partial charge in [-0.15, -0.1) is 0 Å². The third-order valence-corrected chi connectivity index (χ3v) is 3.84. The van der Waals surface area contributed by atoms with E-state index in [4.69, 9.17) is 4.74 Å². The molecule has 0 unspecified atom stereocenters. The van der Waals surface area contributed by atoms with E-state index in [1.165, 1.54) is 12.1 Å². The molecular weight excluding hydrogens is 306 g/mol. The molecule has 2 aromatic carbocycles. The lowest BCUT2D eigenvalue weighted by molar-refractivity contribution is -0.119. The van der Waals surface area contributed by atoms with Crippen LogP contribution in [0.1, 0.15) is 42.1 Å². The highest BCUT2D eigenvalue weighted by atomic mass is 16.5. The fourth-order valence-electron chi connectivity index (χ4n) is 2.30. The number of rotatable bonds is 6. The van der Waals surface area contributed by atoms with Crippen LogP contribution in [0.15, 0.2) is 48.5 Å². The monoisotopic (exact) mass is 327 g/mol. The fourth-order valence-corrected chi connectivity index (χ4v) is 2.30. The highest BCUT2D eigenvalue weighted by Crippen LogP contribution is 2.26. The summed E-state index contributed by atoms with van der Waals surface area (Å²) in [5, 5.41) is 12.4. The van der Waals surface area contributed by atoms with Crippen molar-refractivity contribution < 1.29 is 19.4 Å². The summed E-state index contributed by atoms with van der Waals surface area (Å²) in [5.74, 6) is -1.02. The molecule has 0 bridgehead atoms. The Balaban J connectivity index is 1.97. The van der Waals surface area contributed by atoms with Crippen molar-refractivity contribution in [3.8, 4) is 5.75 Å². The Morgan fingerprint density at radius 3 is 2.50 bits per heavy atom. The van der Waals surface area contributed by atoms with Gasteiger partial charge >= 0.3 is 5.97 Å². The van der Waals surface area contributed by atoms with Gasteiger partial charge in [0.25, 0.3) is 5.91 Å². The minimum absolute atomic E-state index is 0.0327. The Labute approximate surface area is 141 Å². The summed E-state index contributed by atoms with van der Waals surface area (Å²) in [6.45, 7) is 3.75. The van der Waals surface area contributed by atoms with Gasteiger partial charge in [-0.25, -0.2) is 4.79 Å². The van der Waals surface area contributed by atoms with Crippen LogP contribution in [0.4, 0.5) is 5.69 Å². The number of ether oxygens (including phenoxy) is 1. The van der Waals surface area contributed by atoms with Gasteiger partial charge in [-0.1, -0.05) is 44.2 Å². The number of hydrogen-bond donors (Lipinski definition) is 2. The quantitative estimate of drug-likeness (QED) is 0.793. The first-order chi connectivity index (χ1) is 11.5. The average Bonchev–Trinajstić information content (AvgIpc) is 2.60. The van der Waals surface area contributed by atoms with Crippen LogP contribution in [-0.2, 0) is 9.53 Å². The van der Waals surface area contributed by atoms with Crippen LogP contribution in [0.2, 0.25) is 0 Å². The highest BCUT2D eigenvalue weighted by Gasteiger charge is 2.15. The number of amides is 1. The number of phenols is 1. The van der Waals surface area contributed by atoms with E-state index in [1.54, 1.807) is 12.1 Å². The van der Waals surface area contributed by atoms with E-state index >= 15 is 0 Å². The molecule has 0 aliphatic rings. The van der Waals surface area contributed by atoms with Crippen LogP contribution in [0.25, 0.3) is 0 Å². The summed E-state index contributed by atoms with van der Waals surface area (Å²) >= 11 is 0. The molecule has 5 heteroatoms. The largest absolute Gasteiger partial charge is 0.507 e. The molecule has 0 aromatic heterocycles. The minimum atomic E-state index is -0.738. The standard InChI is InChI=1S/C19H21NO4/c1-3-13(2)14-8-4-6-10-16(14)20-18(22)12-24-19(23)15-9-5-7-11-17(15)21/h4-11,13,21H,3,12H2,1-2H3,(H,20,22)/t13-/m1/s1. The number of benzene rings is 2. The Hall–Kier alpha value is -2.82. The summed E-state index contributed by atoms with van der Waals surface area (Å²) in [4.78, 5) is 23.9. The van der Waals surface area contributed by atoms with E-state index in [-0.39, 0.29) is 11.3 Å². The summed E-state index contributed by atoms with van der Waals surface area (Å²) < 4.78 is 4.96. The second kappa shape index (κ2) is 8.15. The van der Waals surface area contributed by atoms with Gasteiger partial charge in [-0.2, -0.15) is 0 Å². The van der Waals surface area contributed by atoms with Crippen molar-refractivity contribution >= 4 is 17.6 Å². The normalized spacial score (nSPS) is 11.6. The molecular formula is C19H21NO4. The Kier molecular flexibility index (Phi) is 5.95. The number of phenolic OH excluding ortho intramolecular Hbond substituents is 1. The number of aromatic hydroxyl groups is 1. The number of hydrogen-bond acceptors (Lipinski definition) is 4. The number of carbonyl (C=O) groups excluding carboxylic acids is 2. The second-order valence-corrected chi connectivity index (χ2v) is 5.54. The zero-order chi connectivity index (χ0) is 17.5. The molecule has 5 nitrogen and oxygen atoms in total. The maximum atomic E-state index is 12.0. The minimum Gasteiger partial charge on any atom is -0.507 e. The second-order valence-electron chi connectivity index (χ2n) is 5.54. The molecule has 0 saturated heterocycles. The van der Waals surface area contributed by atoms with E-state index in [9.17, 15) is 14.7 Å². The molecule has 1 amide bonds. The summed E-state index contributed by atoms with van der Waals surface area (Å²) in [6, 6.07) is 13.6. The van der Waals surface area contributed by atoms with Gasteiger partial charge in [0, 0.05) is 5.69 Å². The topological polar surface area (TPSA) is 75.6 Å². The van der Waals surface area contributed by atoms with Crippen LogP contribution in [-0.4, -0.2) is 23.6 Å². The SMILES string of the molecule is CC[C@@H](C)c1ccccc1NC(=O)COC(=O)c1ccccc1O. The van der Waals surface area contributed by atoms with E-state index in [2.05, 4.69) is 19.2 Å². The molecule has 0 spiro atoms. The lowest BCUT2D eigenvalue weighted by Crippen LogP contribution is -2.21. The number of anilines is 1. The fraction of sp³-hybridized carbons (Fsp3) is 0.263. The first kappa shape index (κ1) is 17.5. The van der Waals surface area contributed by atoms with Crippen LogP contribution >= 0.6 is 0 Å². The molecule has 126 valence electrons. The molecule has 2 aromatic rings. The van der Waals surface area contributed by atoms with Gasteiger partial charge in [0.1, 0.15) is 11.3 Å². The predicted octanol–water partition coefficient (Wildman–Crippen LogP) is 3.70. The average molecular weight is 327 g/mol. The Bertz CT molecular complexity index is 727. The van der Waals surface area contributed by atoms with Crippen molar-refractivity contribution in [1.29, 1.82) is 0 Å². The Morgan fingerprint density at radius 2 is 1.79 bits per heavy atom. The van der Waals surface area contributed by atoms with Crippen molar-refractivity contribution in [2.75, 3.05) is 11.9 Å². The van der Waals surface area contributed by atoms with Gasteiger partial charge in [0.2, 0.25) is 0 Å². The van der Waals surface area contributed by atoms with Crippen LogP contribution in [0.5, 0.6) is 5.75 Å². The molecule has 0 aliphatic carbocycles. The number of esters is 1. The molecule has 2 N–H and O–H groups in total. The van der Waals surface area contributed by atoms with E-state index in [0.29, 0.717) is 5.92 Å². The van der Waals surface area contributed by atoms with Crippen molar-refractivity contribution in [2.45, 2.75) is 26.2 Å². The molecule has 0 saturated carbocycles. The lowest BCUT2D eigenvalue weighted by Gasteiger charge is -2.15. The summed E-state index contributed by atoms with van der Waals surface area (Å²) in [5.41, 5.74) is 1.79. The van der Waals surface area contributed by atoms with Gasteiger partial charge in [0.15, 0.2) is 6.61 Å². The smallest absolute Gasteiger partial charge is 0.342 e. The third-order valence-electron chi connectivity index (χ3n) is 3.84. The van der Waals surface area contributed by atoms with Gasteiger partial charge in [0.05, 0.1) is 0 Å². The third kappa shape index (κ3) is 4.35. The van der Waals surface area contributed by atoms with Crippen molar-refractivity contribution in [3.63, 3.8) is 0 Å². The lowest BCUT2D eigenvalue weighted by atomic mass is 9.97. The van der Waals surface area contributed by atoms with Gasteiger partial charge in [-0.3, -0.25) is 4.79 Å². The molecule has 1 atom stereocenters. The van der Waals surface area contributed by atoms with Gasteiger partial charge < -0.3 is 15.2 Å². The number of para-hydroxylation sites is 2. The predicted molar refractivity (Wildman–Crippen MR) is 92.2 cm³/mol. The van der Waals surface area contributed by atoms with Crippen molar-refractivity contribution in [3.05, 3.63) is 59.7 Å². The van der Waals surface area contributed by atoms with Crippen molar-refractivity contribution in [1.82, 2.24) is 0 Å². The summed E-state index contributed by atoms with van der Waals surface area (Å²) in [7, 11) is 0. The molecule has 0 heterocycles. The number of nitrogens with one attached hydrogen (secondary N) is 1. The summed E-state index contributed by atoms with van der Waals surface area (Å²) in [6.07, 6.45) is 0.954. The molecule has 0 fully saturated rings. The van der Waals surface area contributed by atoms with Crippen LogP contribution in [0, 0.1) is 0 Å². The molecule has 2 rings (SSSR count). The Morgan fingerprint density at radius 1 is 1.12 bits per heavy atom. The molecule has 24 heavy (non-hydrogen) atoms. The molecule has 0 aliphatic heterocycles. The van der Waals surface area contributed by atoms with Crippen molar-refractivity contribution in [2.24, 2.45) is 0 Å². The van der Waals surface area contributed by atoms with E-state index in [0.717, 1.165) is 17.7 Å². The first-order valence-electron chi connectivity index (χ1n) is 7.86. The zero-order valence-corrected chi connectivity index (χ0v) is 13.8. The van der Waals surface area contributed by atoms with Crippen LogP contribution < -0.4 is 5.32 Å². The maximum Gasteiger partial charge on any atom is 0.342 e.